The predicted octanol–water partition coefficient (Wildman–Crippen LogP) is 1.81. The number of nitrogens with one attached hydrogen (secondary N) is 2. The molecule has 2 N–H and O–H groups in total. The van der Waals surface area contributed by atoms with Crippen molar-refractivity contribution >= 4 is 16.1 Å². The van der Waals surface area contributed by atoms with Crippen LogP contribution < -0.4 is 15.4 Å². The van der Waals surface area contributed by atoms with Crippen molar-refractivity contribution in [1.82, 2.24) is 14.9 Å². The maximum absolute atomic E-state index is 12.3. The van der Waals surface area contributed by atoms with E-state index in [1.165, 1.54) is 28.6 Å². The number of sulfonamides is 1. The molecule has 1 saturated heterocycles. The fourth-order valence-corrected chi connectivity index (χ4v) is 4.08. The molecule has 1 fully saturated rings. The Kier molecular flexibility index (Phi) is 6.70. The van der Waals surface area contributed by atoms with Gasteiger partial charge in [0.1, 0.15) is 5.75 Å². The molecule has 1 aromatic carbocycles. The van der Waals surface area contributed by atoms with Gasteiger partial charge in [-0.2, -0.15) is 0 Å². The molecule has 0 bridgehead atoms. The molecule has 1 aliphatic rings. The number of amides is 2. The van der Waals surface area contributed by atoms with Crippen LogP contribution in [-0.2, 0) is 16.6 Å². The quantitative estimate of drug-likeness (QED) is 0.690. The van der Waals surface area contributed by atoms with Gasteiger partial charge in [0, 0.05) is 31.7 Å². The van der Waals surface area contributed by atoms with Gasteiger partial charge in [-0.05, 0) is 18.9 Å². The third kappa shape index (κ3) is 6.37. The number of hydrogen-bond acceptors (Lipinski definition) is 4. The summed E-state index contributed by atoms with van der Waals surface area (Å²) in [6.45, 7) is 0.923. The zero-order chi connectivity index (χ0) is 19.2. The molecule has 11 heteroatoms. The van der Waals surface area contributed by atoms with Gasteiger partial charge >= 0.3 is 12.4 Å². The SMILES string of the molecule is O=C(NCCCN1CCCS1(=O)=O)NCc1ccccc1OC(F)(F)F. The van der Waals surface area contributed by atoms with Crippen LogP contribution in [0.1, 0.15) is 18.4 Å². The van der Waals surface area contributed by atoms with E-state index in [-0.39, 0.29) is 30.2 Å². The van der Waals surface area contributed by atoms with E-state index >= 15 is 0 Å². The summed E-state index contributed by atoms with van der Waals surface area (Å²) >= 11 is 0. The summed E-state index contributed by atoms with van der Waals surface area (Å²) in [5.74, 6) is -0.222. The lowest BCUT2D eigenvalue weighted by Crippen LogP contribution is -2.37. The van der Waals surface area contributed by atoms with Crippen LogP contribution in [0.4, 0.5) is 18.0 Å². The Balaban J connectivity index is 1.72. The average Bonchev–Trinajstić information content (AvgIpc) is 2.88. The third-order valence-electron chi connectivity index (χ3n) is 3.71. The first-order chi connectivity index (χ1) is 12.2. The Hall–Kier alpha value is -2.01. The first-order valence-electron chi connectivity index (χ1n) is 8.00. The summed E-state index contributed by atoms with van der Waals surface area (Å²) in [4.78, 5) is 11.7. The normalized spacial score (nSPS) is 17.0. The molecule has 1 heterocycles. The molecule has 1 aliphatic heterocycles. The smallest absolute Gasteiger partial charge is 0.405 e. The van der Waals surface area contributed by atoms with Crippen molar-refractivity contribution in [1.29, 1.82) is 0 Å². The van der Waals surface area contributed by atoms with Gasteiger partial charge < -0.3 is 15.4 Å². The highest BCUT2D eigenvalue weighted by atomic mass is 32.2. The van der Waals surface area contributed by atoms with Gasteiger partial charge in [0.2, 0.25) is 10.0 Å². The van der Waals surface area contributed by atoms with E-state index in [2.05, 4.69) is 15.4 Å². The largest absolute Gasteiger partial charge is 0.573 e. The number of benzene rings is 1. The Bertz CT molecular complexity index is 725. The molecule has 0 saturated carbocycles. The van der Waals surface area contributed by atoms with Crippen molar-refractivity contribution < 1.29 is 31.1 Å². The third-order valence-corrected chi connectivity index (χ3v) is 5.67. The number of rotatable bonds is 7. The van der Waals surface area contributed by atoms with Crippen LogP contribution in [0.15, 0.2) is 24.3 Å². The predicted molar refractivity (Wildman–Crippen MR) is 88.0 cm³/mol. The number of nitrogens with zero attached hydrogens (tertiary/aromatic N) is 1. The molecule has 1 aromatic rings. The Morgan fingerprint density at radius 3 is 2.62 bits per heavy atom. The lowest BCUT2D eigenvalue weighted by molar-refractivity contribution is -0.274. The molecule has 146 valence electrons. The van der Waals surface area contributed by atoms with Gasteiger partial charge in [-0.3, -0.25) is 0 Å². The first-order valence-corrected chi connectivity index (χ1v) is 9.61. The number of hydrogen-bond donors (Lipinski definition) is 2. The molecule has 0 atom stereocenters. The van der Waals surface area contributed by atoms with E-state index in [1.807, 2.05) is 0 Å². The second-order valence-corrected chi connectivity index (χ2v) is 7.78. The van der Waals surface area contributed by atoms with Gasteiger partial charge in [-0.25, -0.2) is 17.5 Å². The van der Waals surface area contributed by atoms with Gasteiger partial charge in [0.15, 0.2) is 0 Å². The molecular weight excluding hydrogens is 375 g/mol. The standard InChI is InChI=1S/C15H20F3N3O4S/c16-15(17,18)25-13-6-2-1-5-12(13)11-20-14(22)19-7-3-8-21-9-4-10-26(21,23)24/h1-2,5-6H,3-4,7-11H2,(H2,19,20,22). The van der Waals surface area contributed by atoms with Crippen LogP contribution in [-0.4, -0.2) is 50.5 Å². The van der Waals surface area contributed by atoms with Crippen molar-refractivity contribution in [2.45, 2.75) is 25.7 Å². The van der Waals surface area contributed by atoms with Gasteiger partial charge in [-0.15, -0.1) is 13.2 Å². The zero-order valence-corrected chi connectivity index (χ0v) is 14.7. The second-order valence-electron chi connectivity index (χ2n) is 5.69. The van der Waals surface area contributed by atoms with Gasteiger partial charge in [0.05, 0.1) is 5.75 Å². The topological polar surface area (TPSA) is 87.7 Å². The maximum Gasteiger partial charge on any atom is 0.573 e. The number of alkyl halides is 3. The summed E-state index contributed by atoms with van der Waals surface area (Å²) < 4.78 is 65.5. The van der Waals surface area contributed by atoms with Crippen molar-refractivity contribution in [3.05, 3.63) is 29.8 Å². The molecule has 26 heavy (non-hydrogen) atoms. The number of ether oxygens (including phenoxy) is 1. The average molecular weight is 395 g/mol. The van der Waals surface area contributed by atoms with Crippen molar-refractivity contribution in [3.8, 4) is 5.75 Å². The molecule has 0 radical (unpaired) electrons. The van der Waals surface area contributed by atoms with Gasteiger partial charge in [-0.1, -0.05) is 18.2 Å². The van der Waals surface area contributed by atoms with Crippen LogP contribution in [0, 0.1) is 0 Å². The van der Waals surface area contributed by atoms with Crippen LogP contribution in [0.3, 0.4) is 0 Å². The van der Waals surface area contributed by atoms with Crippen LogP contribution in [0.25, 0.3) is 0 Å². The summed E-state index contributed by atoms with van der Waals surface area (Å²) in [7, 11) is -3.15. The number of carbonyl (C=O) groups excluding carboxylic acids is 1. The molecule has 0 aromatic heterocycles. The second kappa shape index (κ2) is 8.58. The van der Waals surface area contributed by atoms with Crippen molar-refractivity contribution in [2.75, 3.05) is 25.4 Å². The monoisotopic (exact) mass is 395 g/mol. The zero-order valence-electron chi connectivity index (χ0n) is 13.9. The maximum atomic E-state index is 12.3. The molecule has 2 rings (SSSR count). The van der Waals surface area contributed by atoms with Gasteiger partial charge in [0.25, 0.3) is 0 Å². The minimum absolute atomic E-state index is 0.140. The van der Waals surface area contributed by atoms with E-state index in [0.717, 1.165) is 0 Å². The first kappa shape index (κ1) is 20.3. The molecule has 0 spiro atoms. The highest BCUT2D eigenvalue weighted by Crippen LogP contribution is 2.26. The van der Waals surface area contributed by atoms with E-state index in [1.54, 1.807) is 0 Å². The lowest BCUT2D eigenvalue weighted by Gasteiger charge is -2.15. The van der Waals surface area contributed by atoms with Crippen LogP contribution >= 0.6 is 0 Å². The number of urea groups is 1. The highest BCUT2D eigenvalue weighted by Gasteiger charge is 2.32. The van der Waals surface area contributed by atoms with E-state index < -0.39 is 22.4 Å². The summed E-state index contributed by atoms with van der Waals surface area (Å²) in [5.41, 5.74) is 0.183. The molecular formula is C15H20F3N3O4S. The fraction of sp³-hybridized carbons (Fsp3) is 0.533. The summed E-state index contributed by atoms with van der Waals surface area (Å²) in [6.07, 6.45) is -3.76. The molecule has 0 unspecified atom stereocenters. The van der Waals surface area contributed by atoms with Crippen LogP contribution in [0.2, 0.25) is 0 Å². The summed E-state index contributed by atoms with van der Waals surface area (Å²) in [5, 5.41) is 4.98. The van der Waals surface area contributed by atoms with E-state index in [9.17, 15) is 26.4 Å². The minimum Gasteiger partial charge on any atom is -0.405 e. The molecule has 0 aliphatic carbocycles. The number of carbonyl (C=O) groups is 1. The number of para-hydroxylation sites is 1. The Labute approximate surface area is 149 Å². The van der Waals surface area contributed by atoms with Crippen LogP contribution in [0.5, 0.6) is 5.75 Å². The Morgan fingerprint density at radius 1 is 1.23 bits per heavy atom. The lowest BCUT2D eigenvalue weighted by atomic mass is 10.2. The molecule has 2 amide bonds. The molecule has 7 nitrogen and oxygen atoms in total. The minimum atomic E-state index is -4.81. The van der Waals surface area contributed by atoms with Crippen molar-refractivity contribution in [3.63, 3.8) is 0 Å². The van der Waals surface area contributed by atoms with Crippen molar-refractivity contribution in [2.24, 2.45) is 0 Å². The summed E-state index contributed by atoms with van der Waals surface area (Å²) in [6, 6.07) is 4.96. The Morgan fingerprint density at radius 2 is 1.96 bits per heavy atom. The number of halogens is 3. The fourth-order valence-electron chi connectivity index (χ4n) is 2.51. The van der Waals surface area contributed by atoms with E-state index in [0.29, 0.717) is 25.9 Å². The van der Waals surface area contributed by atoms with E-state index in [4.69, 9.17) is 0 Å². The highest BCUT2D eigenvalue weighted by molar-refractivity contribution is 7.89.